The van der Waals surface area contributed by atoms with Crippen molar-refractivity contribution >= 4 is 0 Å². The SMILES string of the molecule is CCCCCC1CCC(CCC2CC=C(CCc3ccc(OCCCC)cc3)CC2)CC1. The molecule has 32 heavy (non-hydrogen) atoms. The largest absolute Gasteiger partial charge is 0.494 e. The van der Waals surface area contributed by atoms with E-state index in [0.29, 0.717) is 0 Å². The predicted molar refractivity (Wildman–Crippen MR) is 139 cm³/mol. The quantitative estimate of drug-likeness (QED) is 0.207. The van der Waals surface area contributed by atoms with Crippen LogP contribution in [-0.2, 0) is 6.42 Å². The second-order valence-corrected chi connectivity index (χ2v) is 10.8. The van der Waals surface area contributed by atoms with Crippen LogP contribution >= 0.6 is 0 Å². The maximum atomic E-state index is 5.79. The molecule has 0 N–H and O–H groups in total. The van der Waals surface area contributed by atoms with E-state index >= 15 is 0 Å². The zero-order chi connectivity index (χ0) is 22.4. The maximum Gasteiger partial charge on any atom is 0.119 e. The van der Waals surface area contributed by atoms with E-state index in [1.165, 1.54) is 108 Å². The number of benzene rings is 1. The fraction of sp³-hybridized carbons (Fsp3) is 0.742. The molecule has 1 aromatic rings. The van der Waals surface area contributed by atoms with Crippen molar-refractivity contribution in [2.75, 3.05) is 6.61 Å². The molecule has 0 saturated heterocycles. The minimum absolute atomic E-state index is 0.838. The van der Waals surface area contributed by atoms with Crippen LogP contribution in [0.15, 0.2) is 35.9 Å². The Morgan fingerprint density at radius 2 is 1.41 bits per heavy atom. The first-order valence-corrected chi connectivity index (χ1v) is 14.2. The lowest BCUT2D eigenvalue weighted by molar-refractivity contribution is 0.234. The zero-order valence-corrected chi connectivity index (χ0v) is 21.3. The van der Waals surface area contributed by atoms with Crippen molar-refractivity contribution in [2.45, 2.75) is 123 Å². The van der Waals surface area contributed by atoms with Crippen LogP contribution < -0.4 is 4.74 Å². The Kier molecular flexibility index (Phi) is 11.8. The molecule has 1 heteroatoms. The van der Waals surface area contributed by atoms with Gasteiger partial charge in [0.15, 0.2) is 0 Å². The van der Waals surface area contributed by atoms with Crippen LogP contribution in [0, 0.1) is 17.8 Å². The third-order valence-electron chi connectivity index (χ3n) is 8.20. The molecule has 0 heterocycles. The molecule has 0 spiro atoms. The van der Waals surface area contributed by atoms with Gasteiger partial charge in [-0.05, 0) is 80.4 Å². The van der Waals surface area contributed by atoms with Crippen LogP contribution in [0.4, 0.5) is 0 Å². The van der Waals surface area contributed by atoms with Crippen LogP contribution in [-0.4, -0.2) is 6.61 Å². The summed E-state index contributed by atoms with van der Waals surface area (Å²) in [4.78, 5) is 0. The molecule has 2 aliphatic carbocycles. The average molecular weight is 439 g/mol. The van der Waals surface area contributed by atoms with Crippen LogP contribution in [0.3, 0.4) is 0 Å². The molecule has 1 nitrogen and oxygen atoms in total. The molecule has 1 unspecified atom stereocenters. The van der Waals surface area contributed by atoms with Crippen molar-refractivity contribution in [1.29, 1.82) is 0 Å². The Labute approximate surface area is 199 Å². The minimum Gasteiger partial charge on any atom is -0.494 e. The average Bonchev–Trinajstić information content (AvgIpc) is 2.84. The molecule has 3 rings (SSSR count). The molecular weight excluding hydrogens is 388 g/mol. The van der Waals surface area contributed by atoms with Crippen molar-refractivity contribution in [1.82, 2.24) is 0 Å². The lowest BCUT2D eigenvalue weighted by atomic mass is 9.76. The maximum absolute atomic E-state index is 5.79. The summed E-state index contributed by atoms with van der Waals surface area (Å²) in [7, 11) is 0. The van der Waals surface area contributed by atoms with Gasteiger partial charge in [0.25, 0.3) is 0 Å². The van der Waals surface area contributed by atoms with Crippen LogP contribution in [0.1, 0.15) is 122 Å². The molecule has 0 radical (unpaired) electrons. The lowest BCUT2D eigenvalue weighted by Gasteiger charge is -2.30. The molecule has 1 saturated carbocycles. The summed E-state index contributed by atoms with van der Waals surface area (Å²) < 4.78 is 5.79. The number of aryl methyl sites for hydroxylation is 1. The van der Waals surface area contributed by atoms with Gasteiger partial charge in [0.05, 0.1) is 6.61 Å². The van der Waals surface area contributed by atoms with E-state index in [1.54, 1.807) is 5.57 Å². The van der Waals surface area contributed by atoms with Crippen LogP contribution in [0.2, 0.25) is 0 Å². The Balaban J connectivity index is 1.27. The number of allylic oxidation sites excluding steroid dienone is 2. The summed E-state index contributed by atoms with van der Waals surface area (Å²) in [6.07, 6.45) is 26.3. The molecule has 0 bridgehead atoms. The first kappa shape index (κ1) is 25.4. The molecule has 0 aromatic heterocycles. The number of rotatable bonds is 14. The summed E-state index contributed by atoms with van der Waals surface area (Å²) in [5.41, 5.74) is 3.15. The number of ether oxygens (including phenoxy) is 1. The summed E-state index contributed by atoms with van der Waals surface area (Å²) >= 11 is 0. The van der Waals surface area contributed by atoms with E-state index in [4.69, 9.17) is 4.74 Å². The lowest BCUT2D eigenvalue weighted by Crippen LogP contribution is -2.16. The molecule has 0 aliphatic heterocycles. The highest BCUT2D eigenvalue weighted by Crippen LogP contribution is 2.37. The minimum atomic E-state index is 0.838. The molecule has 1 fully saturated rings. The Morgan fingerprint density at radius 1 is 0.719 bits per heavy atom. The van der Waals surface area contributed by atoms with Crippen molar-refractivity contribution in [3.63, 3.8) is 0 Å². The Bertz CT molecular complexity index is 635. The fourth-order valence-corrected chi connectivity index (χ4v) is 5.79. The van der Waals surface area contributed by atoms with Gasteiger partial charge in [-0.3, -0.25) is 0 Å². The zero-order valence-electron chi connectivity index (χ0n) is 21.3. The first-order valence-electron chi connectivity index (χ1n) is 14.2. The van der Waals surface area contributed by atoms with E-state index in [0.717, 1.165) is 36.5 Å². The van der Waals surface area contributed by atoms with Gasteiger partial charge in [0.1, 0.15) is 5.75 Å². The van der Waals surface area contributed by atoms with Gasteiger partial charge in [-0.25, -0.2) is 0 Å². The van der Waals surface area contributed by atoms with Gasteiger partial charge in [0, 0.05) is 0 Å². The summed E-state index contributed by atoms with van der Waals surface area (Å²) in [5.74, 6) is 4.08. The van der Waals surface area contributed by atoms with Gasteiger partial charge in [-0.1, -0.05) is 102 Å². The summed E-state index contributed by atoms with van der Waals surface area (Å²) in [5, 5.41) is 0. The standard InChI is InChI=1S/C31H50O/c1-3-5-7-8-26-9-11-27(12-10-26)13-14-28-15-17-29(18-16-28)19-20-30-21-23-31(24-22-30)32-25-6-4-2/h17,21-24,26-28H,3-16,18-20,25H2,1-2H3. The van der Waals surface area contributed by atoms with E-state index in [1.807, 2.05) is 0 Å². The highest BCUT2D eigenvalue weighted by atomic mass is 16.5. The van der Waals surface area contributed by atoms with Crippen LogP contribution in [0.5, 0.6) is 5.75 Å². The van der Waals surface area contributed by atoms with E-state index < -0.39 is 0 Å². The first-order chi connectivity index (χ1) is 15.8. The van der Waals surface area contributed by atoms with E-state index in [9.17, 15) is 0 Å². The number of hydrogen-bond acceptors (Lipinski definition) is 1. The second-order valence-electron chi connectivity index (χ2n) is 10.8. The highest BCUT2D eigenvalue weighted by molar-refractivity contribution is 5.28. The van der Waals surface area contributed by atoms with Crippen molar-refractivity contribution in [3.8, 4) is 5.75 Å². The van der Waals surface area contributed by atoms with Gasteiger partial charge in [-0.2, -0.15) is 0 Å². The molecule has 1 atom stereocenters. The van der Waals surface area contributed by atoms with Crippen molar-refractivity contribution < 1.29 is 4.74 Å². The van der Waals surface area contributed by atoms with Gasteiger partial charge >= 0.3 is 0 Å². The van der Waals surface area contributed by atoms with Gasteiger partial charge < -0.3 is 4.74 Å². The van der Waals surface area contributed by atoms with E-state index in [2.05, 4.69) is 44.2 Å². The third kappa shape index (κ3) is 9.32. The van der Waals surface area contributed by atoms with Gasteiger partial charge in [-0.15, -0.1) is 0 Å². The predicted octanol–water partition coefficient (Wildman–Crippen LogP) is 9.69. The second kappa shape index (κ2) is 14.8. The Morgan fingerprint density at radius 3 is 2.06 bits per heavy atom. The molecule has 0 amide bonds. The van der Waals surface area contributed by atoms with Crippen molar-refractivity contribution in [2.24, 2.45) is 17.8 Å². The van der Waals surface area contributed by atoms with E-state index in [-0.39, 0.29) is 0 Å². The summed E-state index contributed by atoms with van der Waals surface area (Å²) in [6, 6.07) is 8.81. The van der Waals surface area contributed by atoms with Crippen LogP contribution in [0.25, 0.3) is 0 Å². The monoisotopic (exact) mass is 438 g/mol. The molecule has 180 valence electrons. The number of unbranched alkanes of at least 4 members (excludes halogenated alkanes) is 3. The Hall–Kier alpha value is -1.24. The normalized spacial score (nSPS) is 23.7. The molecule has 1 aromatic carbocycles. The topological polar surface area (TPSA) is 9.23 Å². The summed E-state index contributed by atoms with van der Waals surface area (Å²) in [6.45, 7) is 5.36. The fourth-order valence-electron chi connectivity index (χ4n) is 5.79. The van der Waals surface area contributed by atoms with Gasteiger partial charge in [0.2, 0.25) is 0 Å². The molecular formula is C31H50O. The molecule has 2 aliphatic rings. The third-order valence-corrected chi connectivity index (χ3v) is 8.20. The van der Waals surface area contributed by atoms with Crippen molar-refractivity contribution in [3.05, 3.63) is 41.5 Å². The highest BCUT2D eigenvalue weighted by Gasteiger charge is 2.22. The smallest absolute Gasteiger partial charge is 0.119 e. The number of hydrogen-bond donors (Lipinski definition) is 0.